The molecule has 0 radical (unpaired) electrons. The summed E-state index contributed by atoms with van der Waals surface area (Å²) in [6.45, 7) is 3.14. The fourth-order valence-electron chi connectivity index (χ4n) is 3.06. The molecular weight excluding hydrogens is 458 g/mol. The topological polar surface area (TPSA) is 99.9 Å². The molecule has 2 heterocycles. The van der Waals surface area contributed by atoms with Gasteiger partial charge in [-0.1, -0.05) is 30.7 Å². The molecule has 0 aliphatic heterocycles. The van der Waals surface area contributed by atoms with Gasteiger partial charge in [-0.25, -0.2) is 0 Å². The van der Waals surface area contributed by atoms with Crippen molar-refractivity contribution >= 4 is 23.2 Å². The number of ether oxygens (including phenoxy) is 3. The number of amides is 1. The maximum atomic E-state index is 12.0. The van der Waals surface area contributed by atoms with Crippen LogP contribution in [0.4, 0.5) is 0 Å². The number of carbonyl (C=O) groups is 1. The van der Waals surface area contributed by atoms with Crippen LogP contribution in [-0.4, -0.2) is 52.1 Å². The normalized spacial score (nSPS) is 10.8. The van der Waals surface area contributed by atoms with E-state index in [9.17, 15) is 4.79 Å². The second-order valence-electron chi connectivity index (χ2n) is 7.25. The van der Waals surface area contributed by atoms with Crippen molar-refractivity contribution in [1.82, 2.24) is 25.1 Å². The number of hydrogen-bond donors (Lipinski definition) is 1. The molecule has 0 atom stereocenters. The second kappa shape index (κ2) is 11.3. The number of rotatable bonds is 11. The molecule has 0 aliphatic carbocycles. The van der Waals surface area contributed by atoms with Gasteiger partial charge in [0.2, 0.25) is 5.88 Å². The minimum absolute atomic E-state index is 0.0960. The zero-order valence-electron chi connectivity index (χ0n) is 18.6. The number of hydrogen-bond acceptors (Lipinski definition) is 7. The lowest BCUT2D eigenvalue weighted by atomic mass is 10.2. The monoisotopic (exact) mass is 481 g/mol. The standard InChI is InChI=1S/C24H24ClN5O4/c1-2-14-32-17-7-9-18(10-8-17)34-16-22(31)26-13-15-33-23-12-11-21-27-28-24(30(21)29-23)19-5-3-4-6-20(19)25/h3-12H,2,13-16H2,1H3,(H,26,31). The number of nitrogens with zero attached hydrogens (tertiary/aromatic N) is 4. The molecule has 176 valence electrons. The lowest BCUT2D eigenvalue weighted by Crippen LogP contribution is -2.32. The van der Waals surface area contributed by atoms with Gasteiger partial charge in [0.25, 0.3) is 5.91 Å². The highest BCUT2D eigenvalue weighted by Gasteiger charge is 2.13. The molecule has 4 rings (SSSR count). The Morgan fingerprint density at radius 1 is 0.941 bits per heavy atom. The number of fused-ring (bicyclic) bond motifs is 1. The van der Waals surface area contributed by atoms with E-state index in [1.54, 1.807) is 34.8 Å². The molecule has 0 saturated heterocycles. The number of nitrogens with one attached hydrogen (secondary N) is 1. The van der Waals surface area contributed by atoms with Crippen LogP contribution in [0.5, 0.6) is 17.4 Å². The first kappa shape index (κ1) is 23.3. The van der Waals surface area contributed by atoms with E-state index in [0.29, 0.717) is 41.3 Å². The zero-order valence-corrected chi connectivity index (χ0v) is 19.4. The van der Waals surface area contributed by atoms with Crippen molar-refractivity contribution in [3.05, 3.63) is 65.7 Å². The van der Waals surface area contributed by atoms with Gasteiger partial charge in [0.15, 0.2) is 18.1 Å². The van der Waals surface area contributed by atoms with Crippen LogP contribution in [0.15, 0.2) is 60.7 Å². The van der Waals surface area contributed by atoms with Gasteiger partial charge in [-0.05, 0) is 48.9 Å². The van der Waals surface area contributed by atoms with Gasteiger partial charge >= 0.3 is 0 Å². The van der Waals surface area contributed by atoms with Crippen LogP contribution in [0.3, 0.4) is 0 Å². The van der Waals surface area contributed by atoms with E-state index < -0.39 is 0 Å². The van der Waals surface area contributed by atoms with Gasteiger partial charge in [-0.2, -0.15) is 4.52 Å². The molecule has 34 heavy (non-hydrogen) atoms. The first-order chi connectivity index (χ1) is 16.6. The molecular formula is C24H24ClN5O4. The van der Waals surface area contributed by atoms with Crippen LogP contribution in [0.25, 0.3) is 17.0 Å². The summed E-state index contributed by atoms with van der Waals surface area (Å²) in [7, 11) is 0. The maximum absolute atomic E-state index is 12.0. The van der Waals surface area contributed by atoms with Crippen molar-refractivity contribution in [2.45, 2.75) is 13.3 Å². The Kier molecular flexibility index (Phi) is 7.77. The van der Waals surface area contributed by atoms with Crippen LogP contribution in [0.1, 0.15) is 13.3 Å². The molecule has 2 aromatic carbocycles. The molecule has 2 aromatic heterocycles. The third kappa shape index (κ3) is 5.93. The molecule has 1 amide bonds. The Hall–Kier alpha value is -3.85. The molecule has 0 unspecified atom stereocenters. The van der Waals surface area contributed by atoms with Gasteiger partial charge in [0.1, 0.15) is 18.1 Å². The summed E-state index contributed by atoms with van der Waals surface area (Å²) in [6.07, 6.45) is 0.942. The molecule has 9 nitrogen and oxygen atoms in total. The highest BCUT2D eigenvalue weighted by Crippen LogP contribution is 2.26. The van der Waals surface area contributed by atoms with E-state index in [1.165, 1.54) is 0 Å². The first-order valence-electron chi connectivity index (χ1n) is 10.9. The van der Waals surface area contributed by atoms with Crippen molar-refractivity contribution in [3.63, 3.8) is 0 Å². The summed E-state index contributed by atoms with van der Waals surface area (Å²) in [6, 6.07) is 17.9. The second-order valence-corrected chi connectivity index (χ2v) is 7.66. The van der Waals surface area contributed by atoms with Crippen molar-refractivity contribution < 1.29 is 19.0 Å². The minimum Gasteiger partial charge on any atom is -0.494 e. The number of benzene rings is 2. The lowest BCUT2D eigenvalue weighted by molar-refractivity contribution is -0.123. The molecule has 1 N–H and O–H groups in total. The van der Waals surface area contributed by atoms with Crippen molar-refractivity contribution in [3.8, 4) is 28.8 Å². The third-order valence-electron chi connectivity index (χ3n) is 4.69. The lowest BCUT2D eigenvalue weighted by Gasteiger charge is -2.09. The molecule has 0 aliphatic rings. The van der Waals surface area contributed by atoms with Gasteiger partial charge in [0.05, 0.1) is 18.2 Å². The smallest absolute Gasteiger partial charge is 0.258 e. The maximum Gasteiger partial charge on any atom is 0.258 e. The minimum atomic E-state index is -0.252. The van der Waals surface area contributed by atoms with E-state index in [2.05, 4.69) is 20.6 Å². The van der Waals surface area contributed by atoms with Crippen LogP contribution in [0.2, 0.25) is 5.02 Å². The van der Waals surface area contributed by atoms with Crippen LogP contribution in [0, 0.1) is 0 Å². The summed E-state index contributed by atoms with van der Waals surface area (Å²) in [5.41, 5.74) is 1.29. The van der Waals surface area contributed by atoms with Crippen molar-refractivity contribution in [2.75, 3.05) is 26.4 Å². The van der Waals surface area contributed by atoms with Gasteiger partial charge in [-0.3, -0.25) is 4.79 Å². The summed E-state index contributed by atoms with van der Waals surface area (Å²) < 4.78 is 18.3. The van der Waals surface area contributed by atoms with E-state index in [-0.39, 0.29) is 19.1 Å². The van der Waals surface area contributed by atoms with Crippen molar-refractivity contribution in [1.29, 1.82) is 0 Å². The van der Waals surface area contributed by atoms with Crippen LogP contribution < -0.4 is 19.5 Å². The average molecular weight is 482 g/mol. The Balaban J connectivity index is 1.24. The Bertz CT molecular complexity index is 1250. The molecule has 0 spiro atoms. The van der Waals surface area contributed by atoms with Gasteiger partial charge < -0.3 is 19.5 Å². The van der Waals surface area contributed by atoms with Crippen molar-refractivity contribution in [2.24, 2.45) is 0 Å². The number of aromatic nitrogens is 4. The molecule has 0 bridgehead atoms. The van der Waals surface area contributed by atoms with E-state index in [4.69, 9.17) is 25.8 Å². The van der Waals surface area contributed by atoms with Gasteiger partial charge in [-0.15, -0.1) is 15.3 Å². The predicted molar refractivity (Wildman–Crippen MR) is 127 cm³/mol. The Labute approximate surface area is 201 Å². The number of halogens is 1. The Morgan fingerprint density at radius 3 is 2.47 bits per heavy atom. The summed E-state index contributed by atoms with van der Waals surface area (Å²) in [4.78, 5) is 12.0. The highest BCUT2D eigenvalue weighted by atomic mass is 35.5. The SMILES string of the molecule is CCCOc1ccc(OCC(=O)NCCOc2ccc3nnc(-c4ccccc4Cl)n3n2)cc1. The third-order valence-corrected chi connectivity index (χ3v) is 5.02. The van der Waals surface area contributed by atoms with E-state index >= 15 is 0 Å². The summed E-state index contributed by atoms with van der Waals surface area (Å²) in [5.74, 6) is 2.00. The molecule has 0 fully saturated rings. The van der Waals surface area contributed by atoms with Crippen LogP contribution >= 0.6 is 11.6 Å². The Morgan fingerprint density at radius 2 is 1.71 bits per heavy atom. The van der Waals surface area contributed by atoms with E-state index in [0.717, 1.165) is 17.7 Å². The first-order valence-corrected chi connectivity index (χ1v) is 11.2. The van der Waals surface area contributed by atoms with E-state index in [1.807, 2.05) is 37.3 Å². The molecule has 4 aromatic rings. The summed E-state index contributed by atoms with van der Waals surface area (Å²) in [5, 5.41) is 16.0. The molecule has 10 heteroatoms. The number of carbonyl (C=O) groups excluding carboxylic acids is 1. The highest BCUT2D eigenvalue weighted by molar-refractivity contribution is 6.33. The quantitative estimate of drug-likeness (QED) is 0.325. The summed E-state index contributed by atoms with van der Waals surface area (Å²) >= 11 is 6.28. The average Bonchev–Trinajstić information content (AvgIpc) is 3.28. The fraction of sp³-hybridized carbons (Fsp3) is 0.250. The molecule has 0 saturated carbocycles. The van der Waals surface area contributed by atoms with Gasteiger partial charge in [0, 0.05) is 11.6 Å². The fourth-order valence-corrected chi connectivity index (χ4v) is 3.28. The zero-order chi connectivity index (χ0) is 23.8. The van der Waals surface area contributed by atoms with Crippen LogP contribution in [-0.2, 0) is 4.79 Å². The largest absolute Gasteiger partial charge is 0.494 e. The predicted octanol–water partition coefficient (Wildman–Crippen LogP) is 3.81.